The number of methoxy groups -OCH3 is 1. The second kappa shape index (κ2) is 6.29. The van der Waals surface area contributed by atoms with Crippen LogP contribution >= 0.6 is 0 Å². The highest BCUT2D eigenvalue weighted by atomic mass is 32.3. The number of amides is 2. The molecule has 1 aromatic heterocycles. The molecule has 0 unspecified atom stereocenters. The van der Waals surface area contributed by atoms with Crippen LogP contribution in [-0.2, 0) is 20.2 Å². The van der Waals surface area contributed by atoms with E-state index in [4.69, 9.17) is 4.74 Å². The molecule has 0 radical (unpaired) electrons. The van der Waals surface area contributed by atoms with Crippen LogP contribution in [-0.4, -0.2) is 57.0 Å². The molecule has 0 atom stereocenters. The lowest BCUT2D eigenvalue weighted by molar-refractivity contribution is 0.256. The van der Waals surface area contributed by atoms with E-state index in [1.165, 1.54) is 11.8 Å². The van der Waals surface area contributed by atoms with Gasteiger partial charge in [-0.2, -0.15) is 13.4 Å². The molecular formula is C8H13N5O7S2. The summed E-state index contributed by atoms with van der Waals surface area (Å²) >= 11 is 0. The molecule has 14 heteroatoms. The van der Waals surface area contributed by atoms with Crippen LogP contribution in [0.3, 0.4) is 0 Å². The van der Waals surface area contributed by atoms with Crippen LogP contribution in [0.5, 0.6) is 5.88 Å². The summed E-state index contributed by atoms with van der Waals surface area (Å²) in [4.78, 5) is 28.5. The van der Waals surface area contributed by atoms with Crippen molar-refractivity contribution in [1.29, 1.82) is 0 Å². The maximum atomic E-state index is 11.6. The second-order valence-corrected chi connectivity index (χ2v) is 7.79. The van der Waals surface area contributed by atoms with Crippen LogP contribution in [0.15, 0.2) is 10.9 Å². The van der Waals surface area contributed by atoms with Gasteiger partial charge in [0.15, 0.2) is 0 Å². The molecule has 0 aliphatic carbocycles. The van der Waals surface area contributed by atoms with E-state index in [9.17, 15) is 26.4 Å². The Bertz CT molecular complexity index is 829. The molecule has 0 aliphatic rings. The van der Waals surface area contributed by atoms with E-state index < -0.39 is 31.8 Å². The quantitative estimate of drug-likeness (QED) is 0.547. The zero-order valence-electron chi connectivity index (χ0n) is 11.6. The van der Waals surface area contributed by atoms with Crippen molar-refractivity contribution >= 4 is 32.2 Å². The topological polar surface area (TPSA) is 168 Å². The summed E-state index contributed by atoms with van der Waals surface area (Å²) < 4.78 is 51.6. The van der Waals surface area contributed by atoms with Crippen LogP contribution in [0.1, 0.15) is 0 Å². The lowest BCUT2D eigenvalue weighted by atomic mass is 10.6. The lowest BCUT2D eigenvalue weighted by Crippen LogP contribution is -2.45. The molecule has 12 nitrogen and oxygen atoms in total. The van der Waals surface area contributed by atoms with Crippen molar-refractivity contribution in [3.05, 3.63) is 16.4 Å². The van der Waals surface area contributed by atoms with Crippen molar-refractivity contribution in [2.75, 3.05) is 25.7 Å². The summed E-state index contributed by atoms with van der Waals surface area (Å²) in [5.41, 5.74) is -0.654. The van der Waals surface area contributed by atoms with Crippen molar-refractivity contribution < 1.29 is 26.4 Å². The zero-order chi connectivity index (χ0) is 17.1. The SMILES string of the molecule is COc1cc(=O)[nH]c(NC(=O)NS(=O)(=O)N(C)S(C)(=O)=O)n1. The van der Waals surface area contributed by atoms with E-state index in [2.05, 4.69) is 9.97 Å². The molecule has 3 N–H and O–H groups in total. The molecular weight excluding hydrogens is 342 g/mol. The minimum absolute atomic E-state index is 0.0265. The highest BCUT2D eigenvalue weighted by molar-refractivity contribution is 8.03. The third-order valence-electron chi connectivity index (χ3n) is 2.19. The number of nitrogens with one attached hydrogen (secondary N) is 3. The number of sulfonamides is 1. The molecule has 2 amide bonds. The van der Waals surface area contributed by atoms with Crippen LogP contribution < -0.4 is 20.3 Å². The first-order valence-corrected chi connectivity index (χ1v) is 8.67. The molecule has 22 heavy (non-hydrogen) atoms. The summed E-state index contributed by atoms with van der Waals surface area (Å²) in [6.07, 6.45) is 0.644. The van der Waals surface area contributed by atoms with Crippen LogP contribution in [0.25, 0.3) is 0 Å². The number of ether oxygens (including phenoxy) is 1. The van der Waals surface area contributed by atoms with Gasteiger partial charge in [0, 0.05) is 7.05 Å². The van der Waals surface area contributed by atoms with E-state index in [0.717, 1.165) is 13.1 Å². The molecule has 124 valence electrons. The highest BCUT2D eigenvalue weighted by Gasteiger charge is 2.28. The van der Waals surface area contributed by atoms with Gasteiger partial charge in [-0.15, -0.1) is 0 Å². The Balaban J connectivity index is 2.92. The molecule has 0 saturated carbocycles. The Kier molecular flexibility index (Phi) is 5.10. The van der Waals surface area contributed by atoms with E-state index in [0.29, 0.717) is 6.26 Å². The lowest BCUT2D eigenvalue weighted by Gasteiger charge is -2.15. The van der Waals surface area contributed by atoms with Gasteiger partial charge in [-0.1, -0.05) is 3.71 Å². The van der Waals surface area contributed by atoms with Gasteiger partial charge in [0.1, 0.15) is 0 Å². The molecule has 1 heterocycles. The number of hydrogen-bond donors (Lipinski definition) is 3. The number of nitrogens with zero attached hydrogens (tertiary/aromatic N) is 2. The van der Waals surface area contributed by atoms with Crippen LogP contribution in [0.2, 0.25) is 0 Å². The zero-order valence-corrected chi connectivity index (χ0v) is 13.3. The van der Waals surface area contributed by atoms with Crippen LogP contribution in [0.4, 0.5) is 10.7 Å². The van der Waals surface area contributed by atoms with Gasteiger partial charge >= 0.3 is 16.2 Å². The van der Waals surface area contributed by atoms with E-state index in [1.54, 1.807) is 0 Å². The average molecular weight is 355 g/mol. The summed E-state index contributed by atoms with van der Waals surface area (Å²) in [7, 11) is -6.74. The fourth-order valence-electron chi connectivity index (χ4n) is 1.09. The number of aromatic nitrogens is 2. The Hall–Kier alpha value is -2.19. The number of carbonyl (C=O) groups excluding carboxylic acids is 1. The summed E-state index contributed by atoms with van der Waals surface area (Å²) in [5.74, 6) is -0.505. The first-order valence-electron chi connectivity index (χ1n) is 5.39. The number of urea groups is 1. The fourth-order valence-corrected chi connectivity index (χ4v) is 3.04. The molecule has 0 fully saturated rings. The Morgan fingerprint density at radius 1 is 1.36 bits per heavy atom. The Labute approximate surface area is 125 Å². The predicted octanol–water partition coefficient (Wildman–Crippen LogP) is -1.96. The van der Waals surface area contributed by atoms with E-state index in [-0.39, 0.29) is 15.5 Å². The van der Waals surface area contributed by atoms with Gasteiger partial charge in [0.25, 0.3) is 5.56 Å². The second-order valence-electron chi connectivity index (χ2n) is 3.84. The first-order chi connectivity index (χ1) is 9.95. The number of aromatic amines is 1. The van der Waals surface area contributed by atoms with Crippen molar-refractivity contribution in [3.63, 3.8) is 0 Å². The normalized spacial score (nSPS) is 12.0. The van der Waals surface area contributed by atoms with Gasteiger partial charge in [-0.25, -0.2) is 17.9 Å². The van der Waals surface area contributed by atoms with Gasteiger partial charge in [0.05, 0.1) is 19.4 Å². The van der Waals surface area contributed by atoms with Gasteiger partial charge in [-0.05, 0) is 0 Å². The Morgan fingerprint density at radius 3 is 2.45 bits per heavy atom. The highest BCUT2D eigenvalue weighted by Crippen LogP contribution is 2.05. The molecule has 0 aromatic carbocycles. The van der Waals surface area contributed by atoms with Gasteiger partial charge in [0.2, 0.25) is 21.9 Å². The average Bonchev–Trinajstić information content (AvgIpc) is 2.34. The maximum Gasteiger partial charge on any atom is 0.336 e. The number of H-pyrrole nitrogens is 1. The molecule has 0 saturated heterocycles. The number of carbonyl (C=O) groups is 1. The minimum Gasteiger partial charge on any atom is -0.481 e. The summed E-state index contributed by atoms with van der Waals surface area (Å²) in [6, 6.07) is -0.330. The van der Waals surface area contributed by atoms with Gasteiger partial charge < -0.3 is 4.74 Å². The van der Waals surface area contributed by atoms with Crippen molar-refractivity contribution in [2.45, 2.75) is 0 Å². The van der Waals surface area contributed by atoms with Crippen LogP contribution in [0, 0.1) is 0 Å². The van der Waals surface area contributed by atoms with E-state index >= 15 is 0 Å². The first kappa shape index (κ1) is 17.9. The van der Waals surface area contributed by atoms with Crippen molar-refractivity contribution in [2.24, 2.45) is 0 Å². The molecule has 0 aliphatic heterocycles. The summed E-state index contributed by atoms with van der Waals surface area (Å²) in [6.45, 7) is 0. The van der Waals surface area contributed by atoms with E-state index in [1.807, 2.05) is 5.32 Å². The predicted molar refractivity (Wildman–Crippen MR) is 75.1 cm³/mol. The van der Waals surface area contributed by atoms with Crippen molar-refractivity contribution in [1.82, 2.24) is 18.4 Å². The number of rotatable bonds is 5. The largest absolute Gasteiger partial charge is 0.481 e. The smallest absolute Gasteiger partial charge is 0.336 e. The Morgan fingerprint density at radius 2 is 1.95 bits per heavy atom. The maximum absolute atomic E-state index is 11.6. The molecule has 0 bridgehead atoms. The molecule has 1 rings (SSSR count). The summed E-state index contributed by atoms with van der Waals surface area (Å²) in [5, 5.41) is 1.92. The number of hydrogen-bond acceptors (Lipinski definition) is 8. The third kappa shape index (κ3) is 4.68. The van der Waals surface area contributed by atoms with Gasteiger partial charge in [-0.3, -0.25) is 15.1 Å². The molecule has 0 spiro atoms. The fraction of sp³-hybridized carbons (Fsp3) is 0.375. The van der Waals surface area contributed by atoms with Crippen molar-refractivity contribution in [3.8, 4) is 5.88 Å². The molecule has 1 aromatic rings. The minimum atomic E-state index is -4.63. The number of anilines is 1. The standard InChI is InChI=1S/C8H13N5O7S2/c1-13(21(3,16)17)22(18,19)12-8(15)11-7-9-5(14)4-6(10-7)20-2/h4H,1-3H3,(H3,9,10,11,12,14,15). The monoisotopic (exact) mass is 355 g/mol. The third-order valence-corrected chi connectivity index (χ3v) is 5.64.